The fraction of sp³-hybridized carbons (Fsp3) is 0.333. The summed E-state index contributed by atoms with van der Waals surface area (Å²) in [6.07, 6.45) is 0. The molecule has 0 heterocycles. The van der Waals surface area contributed by atoms with Crippen LogP contribution in [0.4, 0.5) is 0 Å². The van der Waals surface area contributed by atoms with Crippen molar-refractivity contribution < 1.29 is 5.11 Å². The molecule has 0 amide bonds. The summed E-state index contributed by atoms with van der Waals surface area (Å²) in [6, 6.07) is 17.4. The zero-order valence-corrected chi connectivity index (χ0v) is 12.0. The van der Waals surface area contributed by atoms with E-state index in [9.17, 15) is 5.11 Å². The topological polar surface area (TPSA) is 32.3 Å². The highest BCUT2D eigenvalue weighted by Gasteiger charge is 2.29. The highest BCUT2D eigenvalue weighted by Crippen LogP contribution is 2.43. The number of benzene rings is 2. The molecular weight excluding hydrogens is 246 g/mol. The van der Waals surface area contributed by atoms with E-state index in [1.165, 1.54) is 22.3 Å². The van der Waals surface area contributed by atoms with Gasteiger partial charge in [0.15, 0.2) is 0 Å². The molecule has 0 radical (unpaired) electrons. The smallest absolute Gasteiger partial charge is 0.0591 e. The molecule has 2 heteroatoms. The third-order valence-corrected chi connectivity index (χ3v) is 4.22. The molecular formula is C18H21NO. The predicted molar refractivity (Wildman–Crippen MR) is 82.6 cm³/mol. The molecule has 0 spiro atoms. The van der Waals surface area contributed by atoms with E-state index in [-0.39, 0.29) is 18.7 Å². The third kappa shape index (κ3) is 2.15. The lowest BCUT2D eigenvalue weighted by Gasteiger charge is -2.25. The Morgan fingerprint density at radius 3 is 1.90 bits per heavy atom. The minimum atomic E-state index is 0.110. The van der Waals surface area contributed by atoms with Crippen molar-refractivity contribution in [2.24, 2.45) is 5.92 Å². The largest absolute Gasteiger partial charge is 0.395 e. The molecule has 1 aliphatic rings. The number of aliphatic hydroxyl groups excluding tert-OH is 1. The molecule has 0 bridgehead atoms. The van der Waals surface area contributed by atoms with Gasteiger partial charge in [-0.3, -0.25) is 0 Å². The van der Waals surface area contributed by atoms with Crippen LogP contribution < -0.4 is 5.32 Å². The van der Waals surface area contributed by atoms with Gasteiger partial charge in [-0.05, 0) is 28.2 Å². The Labute approximate surface area is 120 Å². The Kier molecular flexibility index (Phi) is 3.60. The van der Waals surface area contributed by atoms with Crippen LogP contribution in [-0.2, 0) is 0 Å². The van der Waals surface area contributed by atoms with E-state index in [0.717, 1.165) is 0 Å². The predicted octanol–water partition coefficient (Wildman–Crippen LogP) is 3.36. The van der Waals surface area contributed by atoms with Gasteiger partial charge in [-0.15, -0.1) is 0 Å². The number of fused-ring (bicyclic) bond motifs is 3. The van der Waals surface area contributed by atoms with Gasteiger partial charge >= 0.3 is 0 Å². The minimum absolute atomic E-state index is 0.110. The first-order valence-corrected chi connectivity index (χ1v) is 7.27. The first-order chi connectivity index (χ1) is 9.72. The second kappa shape index (κ2) is 5.39. The van der Waals surface area contributed by atoms with E-state index < -0.39 is 0 Å². The highest BCUT2D eigenvalue weighted by molar-refractivity contribution is 5.78. The van der Waals surface area contributed by atoms with Crippen molar-refractivity contribution in [3.63, 3.8) is 0 Å². The molecule has 0 aliphatic heterocycles. The first kappa shape index (κ1) is 13.3. The highest BCUT2D eigenvalue weighted by atomic mass is 16.3. The van der Waals surface area contributed by atoms with Crippen LogP contribution in [0.1, 0.15) is 31.0 Å². The average molecular weight is 267 g/mol. The van der Waals surface area contributed by atoms with Crippen molar-refractivity contribution in [3.8, 4) is 11.1 Å². The number of nitrogens with one attached hydrogen (secondary N) is 1. The summed E-state index contributed by atoms with van der Waals surface area (Å²) in [5.74, 6) is 0.403. The lowest BCUT2D eigenvalue weighted by atomic mass is 10.00. The van der Waals surface area contributed by atoms with E-state index in [4.69, 9.17) is 0 Å². The Hall–Kier alpha value is -1.64. The lowest BCUT2D eigenvalue weighted by Crippen LogP contribution is -2.39. The van der Waals surface area contributed by atoms with Crippen LogP contribution in [0.25, 0.3) is 11.1 Å². The molecule has 104 valence electrons. The molecule has 2 N–H and O–H groups in total. The van der Waals surface area contributed by atoms with Gasteiger partial charge in [-0.25, -0.2) is 0 Å². The van der Waals surface area contributed by atoms with Gasteiger partial charge in [0.05, 0.1) is 12.6 Å². The Bertz CT molecular complexity index is 560. The summed E-state index contributed by atoms with van der Waals surface area (Å²) in [4.78, 5) is 0. The van der Waals surface area contributed by atoms with Crippen molar-refractivity contribution >= 4 is 0 Å². The number of hydrogen-bond donors (Lipinski definition) is 2. The summed E-state index contributed by atoms with van der Waals surface area (Å²) >= 11 is 0. The van der Waals surface area contributed by atoms with Crippen LogP contribution in [0.5, 0.6) is 0 Å². The van der Waals surface area contributed by atoms with Crippen molar-refractivity contribution in [1.82, 2.24) is 5.32 Å². The van der Waals surface area contributed by atoms with Crippen molar-refractivity contribution in [1.29, 1.82) is 0 Å². The van der Waals surface area contributed by atoms with E-state index in [2.05, 4.69) is 67.7 Å². The number of aliphatic hydroxyl groups is 1. The second-order valence-corrected chi connectivity index (χ2v) is 5.81. The molecule has 0 fully saturated rings. The Morgan fingerprint density at radius 1 is 0.950 bits per heavy atom. The van der Waals surface area contributed by atoms with Crippen LogP contribution in [-0.4, -0.2) is 17.8 Å². The Balaban J connectivity index is 2.03. The summed E-state index contributed by atoms with van der Waals surface area (Å²) < 4.78 is 0. The van der Waals surface area contributed by atoms with Crippen LogP contribution in [0.3, 0.4) is 0 Å². The van der Waals surface area contributed by atoms with Gasteiger partial charge in [0.25, 0.3) is 0 Å². The summed E-state index contributed by atoms with van der Waals surface area (Å²) in [5, 5.41) is 13.2. The number of hydrogen-bond acceptors (Lipinski definition) is 2. The number of rotatable bonds is 4. The van der Waals surface area contributed by atoms with Crippen LogP contribution in [0.15, 0.2) is 48.5 Å². The first-order valence-electron chi connectivity index (χ1n) is 7.27. The molecule has 0 saturated heterocycles. The molecule has 2 aromatic rings. The molecule has 2 nitrogen and oxygen atoms in total. The Morgan fingerprint density at radius 2 is 1.45 bits per heavy atom. The molecule has 1 aliphatic carbocycles. The third-order valence-electron chi connectivity index (χ3n) is 4.22. The monoisotopic (exact) mass is 267 g/mol. The zero-order chi connectivity index (χ0) is 14.1. The summed E-state index contributed by atoms with van der Waals surface area (Å²) in [5.41, 5.74) is 5.24. The summed E-state index contributed by atoms with van der Waals surface area (Å²) in [7, 11) is 0. The molecule has 20 heavy (non-hydrogen) atoms. The lowest BCUT2D eigenvalue weighted by molar-refractivity contribution is 0.204. The standard InChI is InChI=1S/C18H21NO/c1-12(2)17(11-20)19-18-15-9-5-3-7-13(15)14-8-4-6-10-16(14)18/h3-10,12,17-20H,11H2,1-2H3. The van der Waals surface area contributed by atoms with Gasteiger partial charge in [0.1, 0.15) is 0 Å². The molecule has 0 aromatic heterocycles. The van der Waals surface area contributed by atoms with Crippen LogP contribution >= 0.6 is 0 Å². The average Bonchev–Trinajstić information content (AvgIpc) is 2.79. The fourth-order valence-corrected chi connectivity index (χ4v) is 3.01. The minimum Gasteiger partial charge on any atom is -0.395 e. The van der Waals surface area contributed by atoms with E-state index >= 15 is 0 Å². The zero-order valence-electron chi connectivity index (χ0n) is 12.0. The van der Waals surface area contributed by atoms with Gasteiger partial charge in [0.2, 0.25) is 0 Å². The van der Waals surface area contributed by atoms with Crippen molar-refractivity contribution in [2.75, 3.05) is 6.61 Å². The molecule has 2 aromatic carbocycles. The van der Waals surface area contributed by atoms with E-state index in [1.807, 2.05) is 0 Å². The molecule has 0 saturated carbocycles. The van der Waals surface area contributed by atoms with Gasteiger partial charge < -0.3 is 10.4 Å². The maximum atomic E-state index is 9.59. The molecule has 1 atom stereocenters. The van der Waals surface area contributed by atoms with Crippen LogP contribution in [0, 0.1) is 5.92 Å². The van der Waals surface area contributed by atoms with Gasteiger partial charge in [0, 0.05) is 6.04 Å². The second-order valence-electron chi connectivity index (χ2n) is 5.81. The quantitative estimate of drug-likeness (QED) is 0.890. The van der Waals surface area contributed by atoms with Gasteiger partial charge in [-0.2, -0.15) is 0 Å². The molecule has 3 rings (SSSR count). The SMILES string of the molecule is CC(C)C(CO)NC1c2ccccc2-c2ccccc21. The molecule has 1 unspecified atom stereocenters. The van der Waals surface area contributed by atoms with Gasteiger partial charge in [-0.1, -0.05) is 62.4 Å². The normalized spacial score (nSPS) is 15.2. The van der Waals surface area contributed by atoms with Crippen molar-refractivity contribution in [3.05, 3.63) is 59.7 Å². The van der Waals surface area contributed by atoms with Crippen molar-refractivity contribution in [2.45, 2.75) is 25.9 Å². The maximum Gasteiger partial charge on any atom is 0.0591 e. The van der Waals surface area contributed by atoms with E-state index in [1.54, 1.807) is 0 Å². The fourth-order valence-electron chi connectivity index (χ4n) is 3.01. The van der Waals surface area contributed by atoms with E-state index in [0.29, 0.717) is 5.92 Å². The maximum absolute atomic E-state index is 9.59. The van der Waals surface area contributed by atoms with Crippen LogP contribution in [0.2, 0.25) is 0 Å². The summed E-state index contributed by atoms with van der Waals surface area (Å²) in [6.45, 7) is 4.44.